The summed E-state index contributed by atoms with van der Waals surface area (Å²) in [5.41, 5.74) is 5.06. The first-order valence-electron chi connectivity index (χ1n) is 13.1. The van der Waals surface area contributed by atoms with Gasteiger partial charge in [0, 0.05) is 0 Å². The zero-order valence-electron chi connectivity index (χ0n) is 23.2. The van der Waals surface area contributed by atoms with Gasteiger partial charge in [-0.1, -0.05) is 0 Å². The Morgan fingerprint density at radius 2 is 1.96 bits per heavy atom. The van der Waals surface area contributed by atoms with Gasteiger partial charge in [0.2, 0.25) is 0 Å². The number of nitrogen functional groups attached to an aromatic ring is 1. The molecule has 0 aromatic carbocycles. The molecule has 1 fully saturated rings. The van der Waals surface area contributed by atoms with Gasteiger partial charge in [-0.15, -0.1) is 0 Å². The predicted octanol–water partition coefficient (Wildman–Crippen LogP) is -1.98. The van der Waals surface area contributed by atoms with Crippen LogP contribution < -0.4 is 36.7 Å². The van der Waals surface area contributed by atoms with E-state index in [0.29, 0.717) is 12.0 Å². The maximum atomic E-state index is 12.3. The van der Waals surface area contributed by atoms with E-state index in [-0.39, 0.29) is 53.9 Å². The Labute approximate surface area is 256 Å². The minimum absolute atomic E-state index is 0.00670. The maximum absolute atomic E-state index is 12.3. The number of aromatic amines is 1. The van der Waals surface area contributed by atoms with Gasteiger partial charge in [0.15, 0.2) is 0 Å². The number of aliphatic hydroxyl groups is 1. The number of aromatic hydroxyl groups is 1. The third-order valence-electron chi connectivity index (χ3n) is 6.98. The van der Waals surface area contributed by atoms with Gasteiger partial charge in [0.05, 0.1) is 0 Å². The van der Waals surface area contributed by atoms with Gasteiger partial charge < -0.3 is 0 Å². The van der Waals surface area contributed by atoms with Crippen LogP contribution in [0.25, 0.3) is 17.0 Å². The number of nitrogens with zero attached hydrogens (tertiary/aromatic N) is 4. The van der Waals surface area contributed by atoms with Crippen molar-refractivity contribution in [3.63, 3.8) is 0 Å². The SMILES string of the molecule is CO[C@H]1C2=C(n3cnc4c(=O)[nH]c(N)nc43)O/C1=C/O[PH](O)(O)Oc1c(oc(N3CNC4=C(O)NCNC43)c1O)CO[PH](O)(O)O2. The number of nitrogens with two attached hydrogens (primary N) is 1. The standard InChI is InChI=1S/C21H27N9O14P2/c1-38-13-8-3-40-45(34,35)43-12-7(41-19(11(12)31)29-5-25-9-15(29)23-4-24-17(9)32)2-39-46(36,37)44-14(13)20(42-8)30-6-26-10-16(30)27-21(22)28-18(10)33/h3,6,13,15,23-25,31-32,34-37,45-46H,2,4-5H2,1H3,(H3,22,27,28,33)/b8-3+/t13-,15?/m1/s1. The molecule has 4 aliphatic rings. The molecule has 250 valence electrons. The minimum atomic E-state index is -5.26. The summed E-state index contributed by atoms with van der Waals surface area (Å²) in [7, 11) is -9.33. The number of furan rings is 1. The molecule has 4 aliphatic heterocycles. The molecule has 46 heavy (non-hydrogen) atoms. The van der Waals surface area contributed by atoms with Crippen LogP contribution in [0, 0.1) is 0 Å². The van der Waals surface area contributed by atoms with E-state index in [1.165, 1.54) is 12.0 Å². The third-order valence-corrected chi connectivity index (χ3v) is 8.88. The second-order valence-electron chi connectivity index (χ2n) is 9.89. The predicted molar refractivity (Wildman–Crippen MR) is 154 cm³/mol. The number of hydrogen-bond acceptors (Lipinski definition) is 21. The molecule has 3 aromatic rings. The van der Waals surface area contributed by atoms with Crippen LogP contribution >= 0.6 is 16.3 Å². The van der Waals surface area contributed by atoms with Crippen molar-refractivity contribution in [2.45, 2.75) is 18.9 Å². The Bertz CT molecular complexity index is 1880. The Hall–Kier alpha value is -4.57. The quantitative estimate of drug-likeness (QED) is 0.132. The molecular weight excluding hydrogens is 664 g/mol. The molecule has 25 heteroatoms. The van der Waals surface area contributed by atoms with E-state index in [1.54, 1.807) is 0 Å². The van der Waals surface area contributed by atoms with E-state index in [1.807, 2.05) is 0 Å². The van der Waals surface area contributed by atoms with E-state index < -0.39 is 63.8 Å². The summed E-state index contributed by atoms with van der Waals surface area (Å²) >= 11 is 0. The number of ether oxygens (including phenoxy) is 2. The van der Waals surface area contributed by atoms with Crippen LogP contribution in [0.3, 0.4) is 0 Å². The first kappa shape index (κ1) is 30.1. The van der Waals surface area contributed by atoms with Gasteiger partial charge in [0.25, 0.3) is 0 Å². The van der Waals surface area contributed by atoms with Crippen molar-refractivity contribution in [3.8, 4) is 11.5 Å². The molecule has 0 aliphatic carbocycles. The van der Waals surface area contributed by atoms with Crippen LogP contribution in [0.5, 0.6) is 11.5 Å². The summed E-state index contributed by atoms with van der Waals surface area (Å²) in [6, 6.07) is 0. The fraction of sp³-hybridized carbons (Fsp3) is 0.286. The number of H-pyrrole nitrogens is 1. The van der Waals surface area contributed by atoms with Crippen molar-refractivity contribution in [1.29, 1.82) is 0 Å². The van der Waals surface area contributed by atoms with Crippen LogP contribution in [0.15, 0.2) is 44.9 Å². The monoisotopic (exact) mass is 691 g/mol. The number of aromatic nitrogens is 4. The number of aliphatic hydroxyl groups excluding tert-OH is 1. The van der Waals surface area contributed by atoms with Crippen LogP contribution in [-0.2, 0) is 29.7 Å². The molecular formula is C21H27N9O14P2. The van der Waals surface area contributed by atoms with Crippen LogP contribution in [0.1, 0.15) is 5.76 Å². The summed E-state index contributed by atoms with van der Waals surface area (Å²) < 4.78 is 39.3. The number of fused-ring (bicyclic) bond motifs is 5. The van der Waals surface area contributed by atoms with Crippen molar-refractivity contribution < 1.29 is 61.8 Å². The van der Waals surface area contributed by atoms with Crippen LogP contribution in [0.2, 0.25) is 0 Å². The van der Waals surface area contributed by atoms with Crippen molar-refractivity contribution in [2.24, 2.45) is 0 Å². The molecule has 0 amide bonds. The zero-order valence-corrected chi connectivity index (χ0v) is 25.2. The molecule has 2 bridgehead atoms. The van der Waals surface area contributed by atoms with Crippen LogP contribution in [-0.4, -0.2) is 82.0 Å². The van der Waals surface area contributed by atoms with Crippen molar-refractivity contribution >= 4 is 45.2 Å². The molecule has 7 rings (SSSR count). The first-order chi connectivity index (χ1) is 21.9. The van der Waals surface area contributed by atoms with Gasteiger partial charge in [-0.2, -0.15) is 0 Å². The van der Waals surface area contributed by atoms with E-state index in [4.69, 9.17) is 37.7 Å². The number of imidazole rings is 1. The molecule has 1 saturated heterocycles. The number of rotatable bonds is 3. The van der Waals surface area contributed by atoms with Gasteiger partial charge in [-0.3, -0.25) is 0 Å². The number of hydrogen-bond donors (Lipinski definition) is 11. The van der Waals surface area contributed by atoms with Crippen LogP contribution in [0.4, 0.5) is 11.8 Å². The average Bonchev–Trinajstić information content (AvgIpc) is 3.75. The zero-order chi connectivity index (χ0) is 32.5. The van der Waals surface area contributed by atoms with Gasteiger partial charge in [0.1, 0.15) is 0 Å². The fourth-order valence-corrected chi connectivity index (χ4v) is 6.67. The summed E-state index contributed by atoms with van der Waals surface area (Å²) in [5, 5.41) is 29.9. The summed E-state index contributed by atoms with van der Waals surface area (Å²) in [5.74, 6) is -3.61. The van der Waals surface area contributed by atoms with E-state index in [9.17, 15) is 34.6 Å². The Kier molecular flexibility index (Phi) is 7.04. The van der Waals surface area contributed by atoms with Crippen molar-refractivity contribution in [2.75, 3.05) is 31.1 Å². The summed E-state index contributed by atoms with van der Waals surface area (Å²) in [4.78, 5) is 67.4. The normalized spacial score (nSPS) is 26.3. The van der Waals surface area contributed by atoms with Gasteiger partial charge in [-0.25, -0.2) is 0 Å². The second-order valence-corrected chi connectivity index (χ2v) is 13.0. The number of methoxy groups -OCH3 is 1. The molecule has 12 N–H and O–H groups in total. The van der Waals surface area contributed by atoms with Crippen molar-refractivity contribution in [3.05, 3.63) is 51.8 Å². The Morgan fingerprint density at radius 1 is 1.15 bits per heavy atom. The Morgan fingerprint density at radius 3 is 2.74 bits per heavy atom. The third kappa shape index (κ3) is 5.05. The fourth-order valence-electron chi connectivity index (χ4n) is 5.02. The summed E-state index contributed by atoms with van der Waals surface area (Å²) in [6.45, 7) is -0.695. The molecule has 2 atom stereocenters. The number of nitrogens with one attached hydrogen (secondary N) is 4. The van der Waals surface area contributed by atoms with E-state index >= 15 is 0 Å². The molecule has 23 nitrogen and oxygen atoms in total. The number of anilines is 2. The van der Waals surface area contributed by atoms with Gasteiger partial charge in [-0.05, 0) is 0 Å². The van der Waals surface area contributed by atoms with E-state index in [0.717, 1.165) is 10.9 Å². The second kappa shape index (κ2) is 10.8. The molecule has 0 radical (unpaired) electrons. The molecule has 0 saturated carbocycles. The van der Waals surface area contributed by atoms with Gasteiger partial charge >= 0.3 is 256 Å². The molecule has 1 unspecified atom stereocenters. The first-order valence-corrected chi connectivity index (χ1v) is 16.5. The molecule has 7 heterocycles. The van der Waals surface area contributed by atoms with Crippen molar-refractivity contribution in [1.82, 2.24) is 35.5 Å². The molecule has 0 spiro atoms. The van der Waals surface area contributed by atoms with E-state index in [2.05, 4.69) is 30.9 Å². The topological polar surface area (TPSA) is 319 Å². The Balaban J connectivity index is 1.29. The average molecular weight is 691 g/mol. The molecule has 3 aromatic heterocycles. The summed E-state index contributed by atoms with van der Waals surface area (Å²) in [6.07, 6.45) is -0.314.